The molecule has 1 aliphatic carbocycles. The Morgan fingerprint density at radius 1 is 1.40 bits per heavy atom. The van der Waals surface area contributed by atoms with Gasteiger partial charge in [0.05, 0.1) is 6.61 Å². The van der Waals surface area contributed by atoms with Crippen molar-refractivity contribution < 1.29 is 19.4 Å². The molecule has 0 radical (unpaired) electrons. The number of aliphatic carboxylic acids is 1. The van der Waals surface area contributed by atoms with Crippen LogP contribution in [0, 0.1) is 5.82 Å². The molecule has 0 bridgehead atoms. The van der Waals surface area contributed by atoms with Crippen molar-refractivity contribution in [1.82, 2.24) is 4.90 Å². The van der Waals surface area contributed by atoms with Crippen LogP contribution in [0.1, 0.15) is 24.0 Å². The zero-order chi connectivity index (χ0) is 14.5. The van der Waals surface area contributed by atoms with Gasteiger partial charge in [-0.05, 0) is 42.2 Å². The molecule has 0 saturated heterocycles. The van der Waals surface area contributed by atoms with E-state index < -0.39 is 5.97 Å². The smallest absolute Gasteiger partial charge is 0.328 e. The van der Waals surface area contributed by atoms with Gasteiger partial charge in [0.1, 0.15) is 5.82 Å². The van der Waals surface area contributed by atoms with Crippen LogP contribution in [0.4, 0.5) is 4.39 Å². The molecular formula is C15H18FNO3. The second-order valence-corrected chi connectivity index (χ2v) is 4.99. The maximum Gasteiger partial charge on any atom is 0.328 e. The van der Waals surface area contributed by atoms with Crippen molar-refractivity contribution in [3.05, 3.63) is 41.2 Å². The molecule has 0 unspecified atom stereocenters. The van der Waals surface area contributed by atoms with Crippen molar-refractivity contribution in [3.63, 3.8) is 0 Å². The van der Waals surface area contributed by atoms with Crippen molar-refractivity contribution in [1.29, 1.82) is 0 Å². The van der Waals surface area contributed by atoms with Crippen LogP contribution in [-0.2, 0) is 11.3 Å². The number of aliphatic hydroxyl groups is 1. The molecule has 1 aromatic rings. The molecule has 2 rings (SSSR count). The standard InChI is InChI=1S/C15H18FNO3/c16-13-8-11(1-4-15(19)20)7-12(9-13)10-17(5-6-18)14-2-3-14/h1,4,7-9,14,18H,2-3,5-6,10H2,(H,19,20). The first-order valence-electron chi connectivity index (χ1n) is 6.64. The molecule has 1 aliphatic rings. The summed E-state index contributed by atoms with van der Waals surface area (Å²) in [6, 6.07) is 5.00. The molecule has 0 aromatic heterocycles. The third-order valence-corrected chi connectivity index (χ3v) is 3.23. The molecule has 0 aliphatic heterocycles. The molecular weight excluding hydrogens is 261 g/mol. The maximum absolute atomic E-state index is 13.6. The Morgan fingerprint density at radius 3 is 2.75 bits per heavy atom. The minimum Gasteiger partial charge on any atom is -0.478 e. The summed E-state index contributed by atoms with van der Waals surface area (Å²) < 4.78 is 13.6. The number of benzene rings is 1. The summed E-state index contributed by atoms with van der Waals surface area (Å²) >= 11 is 0. The number of rotatable bonds is 7. The molecule has 2 N–H and O–H groups in total. The van der Waals surface area contributed by atoms with Crippen molar-refractivity contribution in [2.75, 3.05) is 13.2 Å². The lowest BCUT2D eigenvalue weighted by Gasteiger charge is -2.21. The fourth-order valence-electron chi connectivity index (χ4n) is 2.22. The summed E-state index contributed by atoms with van der Waals surface area (Å²) in [7, 11) is 0. The SMILES string of the molecule is O=C(O)C=Cc1cc(F)cc(CN(CCO)C2CC2)c1. The number of halogens is 1. The van der Waals surface area contributed by atoms with E-state index >= 15 is 0 Å². The van der Waals surface area contributed by atoms with Gasteiger partial charge >= 0.3 is 5.97 Å². The fourth-order valence-corrected chi connectivity index (χ4v) is 2.22. The molecule has 108 valence electrons. The molecule has 0 heterocycles. The number of carboxylic acid groups (broad SMARTS) is 1. The van der Waals surface area contributed by atoms with E-state index in [1.807, 2.05) is 0 Å². The molecule has 1 aromatic carbocycles. The zero-order valence-corrected chi connectivity index (χ0v) is 11.1. The topological polar surface area (TPSA) is 60.8 Å². The Bertz CT molecular complexity index is 512. The number of carbonyl (C=O) groups is 1. The predicted molar refractivity (Wildman–Crippen MR) is 73.6 cm³/mol. The third kappa shape index (κ3) is 4.43. The molecule has 0 spiro atoms. The quantitative estimate of drug-likeness (QED) is 0.748. The number of carboxylic acids is 1. The Hall–Kier alpha value is -1.72. The van der Waals surface area contributed by atoms with E-state index in [9.17, 15) is 9.18 Å². The van der Waals surface area contributed by atoms with Gasteiger partial charge in [-0.25, -0.2) is 9.18 Å². The summed E-state index contributed by atoms with van der Waals surface area (Å²) in [6.07, 6.45) is 4.59. The van der Waals surface area contributed by atoms with E-state index in [4.69, 9.17) is 10.2 Å². The number of hydrogen-bond acceptors (Lipinski definition) is 3. The van der Waals surface area contributed by atoms with Gasteiger partial charge in [0.25, 0.3) is 0 Å². The lowest BCUT2D eigenvalue weighted by atomic mass is 10.1. The van der Waals surface area contributed by atoms with Gasteiger partial charge in [-0.1, -0.05) is 6.07 Å². The van der Waals surface area contributed by atoms with Gasteiger partial charge in [0.2, 0.25) is 0 Å². The first kappa shape index (κ1) is 14.7. The highest BCUT2D eigenvalue weighted by atomic mass is 19.1. The van der Waals surface area contributed by atoms with Crippen LogP contribution < -0.4 is 0 Å². The Balaban J connectivity index is 2.12. The maximum atomic E-state index is 13.6. The minimum atomic E-state index is -1.06. The lowest BCUT2D eigenvalue weighted by molar-refractivity contribution is -0.131. The summed E-state index contributed by atoms with van der Waals surface area (Å²) in [4.78, 5) is 12.6. The monoisotopic (exact) mass is 279 g/mol. The van der Waals surface area contributed by atoms with Gasteiger partial charge < -0.3 is 10.2 Å². The average molecular weight is 279 g/mol. The largest absolute Gasteiger partial charge is 0.478 e. The molecule has 1 fully saturated rings. The molecule has 20 heavy (non-hydrogen) atoms. The third-order valence-electron chi connectivity index (χ3n) is 3.23. The van der Waals surface area contributed by atoms with Crippen molar-refractivity contribution >= 4 is 12.0 Å². The normalized spacial score (nSPS) is 15.2. The van der Waals surface area contributed by atoms with Crippen molar-refractivity contribution in [2.24, 2.45) is 0 Å². The molecule has 4 nitrogen and oxygen atoms in total. The van der Waals surface area contributed by atoms with Gasteiger partial charge in [-0.2, -0.15) is 0 Å². The van der Waals surface area contributed by atoms with Crippen LogP contribution >= 0.6 is 0 Å². The van der Waals surface area contributed by atoms with Crippen molar-refractivity contribution in [2.45, 2.75) is 25.4 Å². The van der Waals surface area contributed by atoms with E-state index in [0.29, 0.717) is 24.7 Å². The second kappa shape index (κ2) is 6.63. The number of hydrogen-bond donors (Lipinski definition) is 2. The zero-order valence-electron chi connectivity index (χ0n) is 11.1. The van der Waals surface area contributed by atoms with E-state index in [1.54, 1.807) is 6.07 Å². The van der Waals surface area contributed by atoms with E-state index in [1.165, 1.54) is 18.2 Å². The van der Waals surface area contributed by atoms with Gasteiger partial charge in [0, 0.05) is 25.2 Å². The van der Waals surface area contributed by atoms with Gasteiger partial charge in [-0.15, -0.1) is 0 Å². The van der Waals surface area contributed by atoms with Crippen LogP contribution in [0.15, 0.2) is 24.3 Å². The summed E-state index contributed by atoms with van der Waals surface area (Å²) in [6.45, 7) is 1.22. The molecule has 1 saturated carbocycles. The molecule has 5 heteroatoms. The fraction of sp³-hybridized carbons (Fsp3) is 0.400. The summed E-state index contributed by atoms with van der Waals surface area (Å²) in [5, 5.41) is 17.6. The predicted octanol–water partition coefficient (Wildman–Crippen LogP) is 1.88. The van der Waals surface area contributed by atoms with E-state index in [2.05, 4.69) is 4.90 Å². The number of aliphatic hydroxyl groups excluding tert-OH is 1. The van der Waals surface area contributed by atoms with E-state index in [0.717, 1.165) is 24.5 Å². The first-order valence-corrected chi connectivity index (χ1v) is 6.64. The van der Waals surface area contributed by atoms with E-state index in [-0.39, 0.29) is 12.4 Å². The average Bonchev–Trinajstić information content (AvgIpc) is 3.19. The summed E-state index contributed by atoms with van der Waals surface area (Å²) in [5.41, 5.74) is 1.32. The van der Waals surface area contributed by atoms with Crippen LogP contribution in [0.25, 0.3) is 6.08 Å². The highest BCUT2D eigenvalue weighted by Gasteiger charge is 2.28. The van der Waals surface area contributed by atoms with Crippen LogP contribution in [0.2, 0.25) is 0 Å². The van der Waals surface area contributed by atoms with Crippen LogP contribution in [0.5, 0.6) is 0 Å². The van der Waals surface area contributed by atoms with Crippen LogP contribution in [-0.4, -0.2) is 40.3 Å². The van der Waals surface area contributed by atoms with Gasteiger partial charge in [0.15, 0.2) is 0 Å². The molecule has 0 amide bonds. The second-order valence-electron chi connectivity index (χ2n) is 4.99. The Kier molecular flexibility index (Phi) is 4.87. The molecule has 0 atom stereocenters. The number of nitrogens with zero attached hydrogens (tertiary/aromatic N) is 1. The summed E-state index contributed by atoms with van der Waals surface area (Å²) in [5.74, 6) is -1.44. The Morgan fingerprint density at radius 2 is 2.15 bits per heavy atom. The van der Waals surface area contributed by atoms with Crippen molar-refractivity contribution in [3.8, 4) is 0 Å². The Labute approximate surface area is 117 Å². The van der Waals surface area contributed by atoms with Crippen LogP contribution in [0.3, 0.4) is 0 Å². The first-order chi connectivity index (χ1) is 9.58. The highest BCUT2D eigenvalue weighted by Crippen LogP contribution is 2.28. The van der Waals surface area contributed by atoms with Gasteiger partial charge in [-0.3, -0.25) is 4.90 Å². The minimum absolute atomic E-state index is 0.0809. The lowest BCUT2D eigenvalue weighted by Crippen LogP contribution is -2.28. The highest BCUT2D eigenvalue weighted by molar-refractivity contribution is 5.85.